The summed E-state index contributed by atoms with van der Waals surface area (Å²) >= 11 is 1.87. The summed E-state index contributed by atoms with van der Waals surface area (Å²) in [6.45, 7) is 7.64. The van der Waals surface area contributed by atoms with Crippen molar-refractivity contribution < 1.29 is 0 Å². The molecule has 0 aliphatic rings. The summed E-state index contributed by atoms with van der Waals surface area (Å²) in [4.78, 5) is 6.30. The Morgan fingerprint density at radius 2 is 1.95 bits per heavy atom. The van der Waals surface area contributed by atoms with Crippen molar-refractivity contribution in [3.05, 3.63) is 51.5 Å². The van der Waals surface area contributed by atoms with Crippen LogP contribution in [-0.2, 0) is 19.4 Å². The van der Waals surface area contributed by atoms with Gasteiger partial charge in [0.15, 0.2) is 0 Å². The van der Waals surface area contributed by atoms with Gasteiger partial charge in [0, 0.05) is 23.9 Å². The highest BCUT2D eigenvalue weighted by Crippen LogP contribution is 2.22. The van der Waals surface area contributed by atoms with Gasteiger partial charge in [-0.1, -0.05) is 50.6 Å². The molecule has 3 heteroatoms. The Bertz CT molecular complexity index is 533. The summed E-state index contributed by atoms with van der Waals surface area (Å²) in [5, 5.41) is 4.84. The van der Waals surface area contributed by atoms with Gasteiger partial charge in [0.05, 0.1) is 10.7 Å². The van der Waals surface area contributed by atoms with Crippen LogP contribution in [0.25, 0.3) is 0 Å². The fraction of sp³-hybridized carbons (Fsp3) is 0.500. The molecule has 2 aromatic rings. The molecule has 1 N–H and O–H groups in total. The van der Waals surface area contributed by atoms with Crippen LogP contribution in [0.1, 0.15) is 54.8 Å². The molecule has 0 aliphatic heterocycles. The van der Waals surface area contributed by atoms with Crippen LogP contribution in [-0.4, -0.2) is 11.0 Å². The second-order valence-corrected chi connectivity index (χ2v) is 6.75. The first kappa shape index (κ1) is 16.2. The Morgan fingerprint density at radius 1 is 1.19 bits per heavy atom. The lowest BCUT2D eigenvalue weighted by atomic mass is 10.1. The number of thiazole rings is 1. The highest BCUT2D eigenvalue weighted by atomic mass is 32.1. The average molecular weight is 302 g/mol. The summed E-state index contributed by atoms with van der Waals surface area (Å²) in [5.41, 5.74) is 2.64. The van der Waals surface area contributed by atoms with Crippen LogP contribution in [0.2, 0.25) is 0 Å². The molecule has 2 rings (SSSR count). The minimum Gasteiger partial charge on any atom is -0.309 e. The minimum absolute atomic E-state index is 0.569. The van der Waals surface area contributed by atoms with E-state index in [9.17, 15) is 0 Å². The zero-order chi connectivity index (χ0) is 15.1. The van der Waals surface area contributed by atoms with Gasteiger partial charge in [-0.15, -0.1) is 11.3 Å². The SMILES string of the molecule is CCCc1nc(Cc2ccccc2)sc1CNC(C)CC. The molecule has 0 amide bonds. The quantitative estimate of drug-likeness (QED) is 0.772. The summed E-state index contributed by atoms with van der Waals surface area (Å²) in [6, 6.07) is 11.2. The molecular formula is C18H26N2S. The average Bonchev–Trinajstić information content (AvgIpc) is 2.88. The first-order chi connectivity index (χ1) is 10.2. The molecule has 1 aromatic carbocycles. The number of hydrogen-bond donors (Lipinski definition) is 1. The van der Waals surface area contributed by atoms with Crippen LogP contribution >= 0.6 is 11.3 Å². The Hall–Kier alpha value is -1.19. The lowest BCUT2D eigenvalue weighted by Gasteiger charge is -2.10. The standard InChI is InChI=1S/C18H26N2S/c1-4-9-16-17(13-19-14(3)5-2)21-18(20-16)12-15-10-7-6-8-11-15/h6-8,10-11,14,19H,4-5,9,12-13H2,1-3H3. The van der Waals surface area contributed by atoms with Gasteiger partial charge < -0.3 is 5.32 Å². The number of rotatable bonds is 8. The van der Waals surface area contributed by atoms with E-state index >= 15 is 0 Å². The summed E-state index contributed by atoms with van der Waals surface area (Å²) in [5.74, 6) is 0. The van der Waals surface area contributed by atoms with Crippen LogP contribution in [0.4, 0.5) is 0 Å². The highest BCUT2D eigenvalue weighted by molar-refractivity contribution is 7.11. The van der Waals surface area contributed by atoms with Gasteiger partial charge >= 0.3 is 0 Å². The highest BCUT2D eigenvalue weighted by Gasteiger charge is 2.11. The van der Waals surface area contributed by atoms with E-state index in [1.807, 2.05) is 11.3 Å². The Morgan fingerprint density at radius 3 is 2.62 bits per heavy atom. The smallest absolute Gasteiger partial charge is 0.0975 e. The zero-order valence-corrected chi connectivity index (χ0v) is 14.2. The van der Waals surface area contributed by atoms with E-state index in [0.717, 1.165) is 25.8 Å². The maximum atomic E-state index is 4.88. The van der Waals surface area contributed by atoms with Crippen molar-refractivity contribution in [1.29, 1.82) is 0 Å². The van der Waals surface area contributed by atoms with Crippen LogP contribution in [0.3, 0.4) is 0 Å². The predicted octanol–water partition coefficient (Wildman–Crippen LogP) is 4.57. The van der Waals surface area contributed by atoms with Gasteiger partial charge in [0.1, 0.15) is 0 Å². The second-order valence-electron chi connectivity index (χ2n) is 5.58. The fourth-order valence-corrected chi connectivity index (χ4v) is 3.36. The van der Waals surface area contributed by atoms with Crippen molar-refractivity contribution in [3.8, 4) is 0 Å². The molecule has 0 aliphatic carbocycles. The van der Waals surface area contributed by atoms with E-state index in [-0.39, 0.29) is 0 Å². The number of nitrogens with one attached hydrogen (secondary N) is 1. The first-order valence-electron chi connectivity index (χ1n) is 7.97. The van der Waals surface area contributed by atoms with E-state index in [1.165, 1.54) is 27.6 Å². The van der Waals surface area contributed by atoms with E-state index in [2.05, 4.69) is 56.4 Å². The van der Waals surface area contributed by atoms with Crippen LogP contribution < -0.4 is 5.32 Å². The fourth-order valence-electron chi connectivity index (χ4n) is 2.26. The zero-order valence-electron chi connectivity index (χ0n) is 13.4. The number of benzene rings is 1. The molecule has 21 heavy (non-hydrogen) atoms. The lowest BCUT2D eigenvalue weighted by molar-refractivity contribution is 0.535. The van der Waals surface area contributed by atoms with Crippen molar-refractivity contribution in [2.75, 3.05) is 0 Å². The van der Waals surface area contributed by atoms with Crippen molar-refractivity contribution in [3.63, 3.8) is 0 Å². The first-order valence-corrected chi connectivity index (χ1v) is 8.79. The van der Waals surface area contributed by atoms with E-state index in [0.29, 0.717) is 6.04 Å². The molecule has 0 radical (unpaired) electrons. The predicted molar refractivity (Wildman–Crippen MR) is 91.9 cm³/mol. The van der Waals surface area contributed by atoms with Crippen LogP contribution in [0, 0.1) is 0 Å². The topological polar surface area (TPSA) is 24.9 Å². The maximum Gasteiger partial charge on any atom is 0.0975 e. The monoisotopic (exact) mass is 302 g/mol. The number of aryl methyl sites for hydroxylation is 1. The van der Waals surface area contributed by atoms with E-state index < -0.39 is 0 Å². The summed E-state index contributed by atoms with van der Waals surface area (Å²) in [6.07, 6.45) is 4.36. The molecule has 0 bridgehead atoms. The van der Waals surface area contributed by atoms with Gasteiger partial charge in [-0.3, -0.25) is 0 Å². The van der Waals surface area contributed by atoms with Crippen LogP contribution in [0.5, 0.6) is 0 Å². The van der Waals surface area contributed by atoms with Crippen molar-refractivity contribution >= 4 is 11.3 Å². The number of aromatic nitrogens is 1. The van der Waals surface area contributed by atoms with Gasteiger partial charge in [0.25, 0.3) is 0 Å². The minimum atomic E-state index is 0.569. The Labute approximate surface area is 132 Å². The maximum absolute atomic E-state index is 4.88. The van der Waals surface area contributed by atoms with Crippen molar-refractivity contribution in [1.82, 2.24) is 10.3 Å². The molecule has 0 saturated heterocycles. The molecule has 1 heterocycles. The van der Waals surface area contributed by atoms with Crippen molar-refractivity contribution in [2.24, 2.45) is 0 Å². The third kappa shape index (κ3) is 4.94. The molecule has 0 spiro atoms. The van der Waals surface area contributed by atoms with E-state index in [1.54, 1.807) is 0 Å². The molecular weight excluding hydrogens is 276 g/mol. The molecule has 0 fully saturated rings. The molecule has 2 nitrogen and oxygen atoms in total. The third-order valence-electron chi connectivity index (χ3n) is 3.73. The number of hydrogen-bond acceptors (Lipinski definition) is 3. The second kappa shape index (κ2) is 8.30. The third-order valence-corrected chi connectivity index (χ3v) is 4.83. The molecule has 0 saturated carbocycles. The van der Waals surface area contributed by atoms with Gasteiger partial charge in [-0.2, -0.15) is 0 Å². The molecule has 1 unspecified atom stereocenters. The van der Waals surface area contributed by atoms with Gasteiger partial charge in [0.2, 0.25) is 0 Å². The van der Waals surface area contributed by atoms with Gasteiger partial charge in [-0.05, 0) is 25.3 Å². The lowest BCUT2D eigenvalue weighted by Crippen LogP contribution is -2.24. The Kier molecular flexibility index (Phi) is 6.40. The summed E-state index contributed by atoms with van der Waals surface area (Å²) in [7, 11) is 0. The van der Waals surface area contributed by atoms with Crippen molar-refractivity contribution in [2.45, 2.75) is 59.0 Å². The number of nitrogens with zero attached hydrogens (tertiary/aromatic N) is 1. The largest absolute Gasteiger partial charge is 0.309 e. The Balaban J connectivity index is 2.08. The normalized spacial score (nSPS) is 12.5. The molecule has 1 aromatic heterocycles. The summed E-state index contributed by atoms with van der Waals surface area (Å²) < 4.78 is 0. The molecule has 114 valence electrons. The van der Waals surface area contributed by atoms with Crippen LogP contribution in [0.15, 0.2) is 30.3 Å². The van der Waals surface area contributed by atoms with E-state index in [4.69, 9.17) is 4.98 Å². The van der Waals surface area contributed by atoms with Gasteiger partial charge in [-0.25, -0.2) is 4.98 Å². The molecule has 1 atom stereocenters.